The van der Waals surface area contributed by atoms with E-state index in [1.165, 1.54) is 17.0 Å². The Morgan fingerprint density at radius 2 is 2.50 bits per heavy atom. The van der Waals surface area contributed by atoms with Crippen LogP contribution in [0.5, 0.6) is 0 Å². The molecule has 0 aromatic carbocycles. The Kier molecular flexibility index (Phi) is 3.89. The van der Waals surface area contributed by atoms with Crippen LogP contribution in [0.15, 0.2) is 11.1 Å². The highest BCUT2D eigenvalue weighted by Crippen LogP contribution is 2.27. The molecule has 4 nitrogen and oxygen atoms in total. The predicted molar refractivity (Wildman–Crippen MR) is 67.2 cm³/mol. The normalized spacial score (nSPS) is 20.1. The van der Waals surface area contributed by atoms with Crippen LogP contribution >= 0.6 is 11.9 Å². The number of rotatable bonds is 4. The first kappa shape index (κ1) is 12.0. The zero-order valence-electron chi connectivity index (χ0n) is 9.94. The molecule has 0 saturated heterocycles. The molecule has 0 bridgehead atoms. The lowest BCUT2D eigenvalue weighted by Crippen LogP contribution is -2.27. The second-order valence-corrected chi connectivity index (χ2v) is 5.53. The van der Waals surface area contributed by atoms with Crippen molar-refractivity contribution in [3.63, 3.8) is 0 Å². The minimum atomic E-state index is 0.487. The molecule has 0 radical (unpaired) electrons. The maximum absolute atomic E-state index is 5.71. The third kappa shape index (κ3) is 2.59. The number of hydrogen-bond donors (Lipinski definition) is 2. The maximum atomic E-state index is 5.71. The van der Waals surface area contributed by atoms with Crippen molar-refractivity contribution in [3.05, 3.63) is 11.9 Å². The van der Waals surface area contributed by atoms with Crippen molar-refractivity contribution in [2.24, 2.45) is 11.7 Å². The van der Waals surface area contributed by atoms with Gasteiger partial charge in [-0.15, -0.1) is 0 Å². The predicted octanol–water partition coefficient (Wildman–Crippen LogP) is 1.41. The first-order valence-electron chi connectivity index (χ1n) is 5.87. The van der Waals surface area contributed by atoms with Crippen molar-refractivity contribution in [2.75, 3.05) is 6.54 Å². The van der Waals surface area contributed by atoms with Crippen molar-refractivity contribution >= 4 is 11.9 Å². The summed E-state index contributed by atoms with van der Waals surface area (Å²) in [5.74, 6) is 0.600. The summed E-state index contributed by atoms with van der Waals surface area (Å²) in [5.41, 5.74) is 7.07. The van der Waals surface area contributed by atoms with Crippen LogP contribution in [0.3, 0.4) is 0 Å². The molecule has 1 aromatic heterocycles. The van der Waals surface area contributed by atoms with Gasteiger partial charge in [0.25, 0.3) is 0 Å². The van der Waals surface area contributed by atoms with Crippen LogP contribution in [0.4, 0.5) is 0 Å². The van der Waals surface area contributed by atoms with E-state index in [2.05, 4.69) is 28.4 Å². The minimum absolute atomic E-state index is 0.487. The molecule has 2 heterocycles. The second kappa shape index (κ2) is 5.21. The standard InChI is InChI=1S/C11H20N4S/c1-8(2)14-16-11-6-13-15-7-9(5-12)3-4-10(11)15/h6,8-9,14H,3-5,7,12H2,1-2H3. The van der Waals surface area contributed by atoms with Gasteiger partial charge in [-0.05, 0) is 51.1 Å². The third-order valence-corrected chi connectivity index (χ3v) is 4.02. The molecule has 5 heteroatoms. The van der Waals surface area contributed by atoms with Crippen LogP contribution in [0.2, 0.25) is 0 Å². The van der Waals surface area contributed by atoms with Gasteiger partial charge in [0, 0.05) is 12.6 Å². The van der Waals surface area contributed by atoms with Crippen LogP contribution in [0.25, 0.3) is 0 Å². The Balaban J connectivity index is 2.04. The number of nitrogens with two attached hydrogens (primary N) is 1. The van der Waals surface area contributed by atoms with E-state index in [0.29, 0.717) is 12.0 Å². The van der Waals surface area contributed by atoms with E-state index in [1.807, 2.05) is 6.20 Å². The Morgan fingerprint density at radius 3 is 3.19 bits per heavy atom. The highest BCUT2D eigenvalue weighted by molar-refractivity contribution is 7.97. The van der Waals surface area contributed by atoms with Gasteiger partial charge in [-0.25, -0.2) is 0 Å². The van der Waals surface area contributed by atoms with Gasteiger partial charge in [-0.2, -0.15) is 5.10 Å². The van der Waals surface area contributed by atoms with Gasteiger partial charge < -0.3 is 5.73 Å². The van der Waals surface area contributed by atoms with E-state index in [-0.39, 0.29) is 0 Å². The molecular weight excluding hydrogens is 220 g/mol. The lowest BCUT2D eigenvalue weighted by Gasteiger charge is -2.22. The summed E-state index contributed by atoms with van der Waals surface area (Å²) >= 11 is 1.69. The van der Waals surface area contributed by atoms with E-state index in [9.17, 15) is 0 Å². The fourth-order valence-electron chi connectivity index (χ4n) is 1.94. The Bertz CT molecular complexity index is 348. The molecule has 16 heavy (non-hydrogen) atoms. The quantitative estimate of drug-likeness (QED) is 0.781. The molecule has 0 saturated carbocycles. The number of hydrogen-bond acceptors (Lipinski definition) is 4. The Hall–Kier alpha value is -0.520. The van der Waals surface area contributed by atoms with Gasteiger partial charge in [-0.3, -0.25) is 9.40 Å². The maximum Gasteiger partial charge on any atom is 0.0642 e. The van der Waals surface area contributed by atoms with Gasteiger partial charge in [0.2, 0.25) is 0 Å². The molecule has 2 rings (SSSR count). The Labute approximate surface area is 101 Å². The lowest BCUT2D eigenvalue weighted by molar-refractivity contribution is 0.352. The van der Waals surface area contributed by atoms with Gasteiger partial charge in [-0.1, -0.05) is 0 Å². The molecule has 1 unspecified atom stereocenters. The van der Waals surface area contributed by atoms with E-state index in [1.54, 1.807) is 11.9 Å². The largest absolute Gasteiger partial charge is 0.330 e. The molecule has 1 aliphatic heterocycles. The van der Waals surface area contributed by atoms with Crippen LogP contribution < -0.4 is 10.5 Å². The molecule has 1 aliphatic rings. The smallest absolute Gasteiger partial charge is 0.0642 e. The molecule has 1 atom stereocenters. The van der Waals surface area contributed by atoms with Crippen molar-refractivity contribution in [1.82, 2.24) is 14.5 Å². The number of fused-ring (bicyclic) bond motifs is 1. The zero-order chi connectivity index (χ0) is 11.5. The highest BCUT2D eigenvalue weighted by Gasteiger charge is 2.21. The number of nitrogens with one attached hydrogen (secondary N) is 1. The average molecular weight is 240 g/mol. The summed E-state index contributed by atoms with van der Waals surface area (Å²) in [5, 5.41) is 4.43. The molecule has 1 aromatic rings. The molecular formula is C11H20N4S. The van der Waals surface area contributed by atoms with E-state index in [4.69, 9.17) is 5.73 Å². The van der Waals surface area contributed by atoms with Crippen molar-refractivity contribution < 1.29 is 0 Å². The topological polar surface area (TPSA) is 55.9 Å². The fraction of sp³-hybridized carbons (Fsp3) is 0.727. The summed E-state index contributed by atoms with van der Waals surface area (Å²) in [6.07, 6.45) is 4.26. The minimum Gasteiger partial charge on any atom is -0.330 e. The third-order valence-electron chi connectivity index (χ3n) is 2.87. The summed E-state index contributed by atoms with van der Waals surface area (Å²) in [6.45, 7) is 6.04. The van der Waals surface area contributed by atoms with Crippen LogP contribution in [-0.4, -0.2) is 22.4 Å². The van der Waals surface area contributed by atoms with Crippen molar-refractivity contribution in [2.45, 2.75) is 44.2 Å². The molecule has 0 spiro atoms. The van der Waals surface area contributed by atoms with E-state index in [0.717, 1.165) is 19.5 Å². The zero-order valence-corrected chi connectivity index (χ0v) is 10.8. The average Bonchev–Trinajstić information content (AvgIpc) is 2.68. The second-order valence-electron chi connectivity index (χ2n) is 4.65. The molecule has 0 fully saturated rings. The summed E-state index contributed by atoms with van der Waals surface area (Å²) in [7, 11) is 0. The van der Waals surface area contributed by atoms with Crippen molar-refractivity contribution in [3.8, 4) is 0 Å². The van der Waals surface area contributed by atoms with Gasteiger partial charge in [0.1, 0.15) is 0 Å². The first-order chi connectivity index (χ1) is 7.70. The summed E-state index contributed by atoms with van der Waals surface area (Å²) in [6, 6.07) is 0.487. The van der Waals surface area contributed by atoms with Crippen LogP contribution in [-0.2, 0) is 13.0 Å². The molecule has 0 amide bonds. The van der Waals surface area contributed by atoms with Crippen molar-refractivity contribution in [1.29, 1.82) is 0 Å². The number of nitrogens with zero attached hydrogens (tertiary/aromatic N) is 2. The SMILES string of the molecule is CC(C)NSc1cnn2c1CCC(CN)C2. The number of aromatic nitrogens is 2. The van der Waals surface area contributed by atoms with Gasteiger partial charge >= 0.3 is 0 Å². The van der Waals surface area contributed by atoms with E-state index < -0.39 is 0 Å². The molecule has 0 aliphatic carbocycles. The summed E-state index contributed by atoms with van der Waals surface area (Å²) in [4.78, 5) is 1.27. The van der Waals surface area contributed by atoms with E-state index >= 15 is 0 Å². The fourth-order valence-corrected chi connectivity index (χ4v) is 2.73. The molecule has 90 valence electrons. The monoisotopic (exact) mass is 240 g/mol. The Morgan fingerprint density at radius 1 is 1.69 bits per heavy atom. The van der Waals surface area contributed by atoms with Gasteiger partial charge in [0.15, 0.2) is 0 Å². The van der Waals surface area contributed by atoms with Gasteiger partial charge in [0.05, 0.1) is 16.8 Å². The highest BCUT2D eigenvalue weighted by atomic mass is 32.2. The first-order valence-corrected chi connectivity index (χ1v) is 6.69. The lowest BCUT2D eigenvalue weighted by atomic mass is 9.99. The van der Waals surface area contributed by atoms with Crippen LogP contribution in [0.1, 0.15) is 26.0 Å². The summed E-state index contributed by atoms with van der Waals surface area (Å²) < 4.78 is 5.48. The van der Waals surface area contributed by atoms with Crippen LogP contribution in [0, 0.1) is 5.92 Å². The molecule has 3 N–H and O–H groups in total.